The third kappa shape index (κ3) is 4.40. The third-order valence-electron chi connectivity index (χ3n) is 4.60. The van der Waals surface area contributed by atoms with Crippen LogP contribution >= 0.6 is 31.2 Å². The van der Waals surface area contributed by atoms with Crippen molar-refractivity contribution < 1.29 is 14.6 Å². The smallest absolute Gasteiger partial charge is 0.391 e. The summed E-state index contributed by atoms with van der Waals surface area (Å²) in [5, 5.41) is 11.3. The van der Waals surface area contributed by atoms with Gasteiger partial charge >= 0.3 is 8.03 Å². The minimum absolute atomic E-state index is 0.0419. The Morgan fingerprint density at radius 2 is 1.84 bits per heavy atom. The van der Waals surface area contributed by atoms with E-state index in [4.69, 9.17) is 33.8 Å². The van der Waals surface area contributed by atoms with Crippen molar-refractivity contribution in [3.63, 3.8) is 0 Å². The van der Waals surface area contributed by atoms with Gasteiger partial charge in [-0.25, -0.2) is 0 Å². The van der Waals surface area contributed by atoms with Gasteiger partial charge in [0.2, 0.25) is 6.16 Å². The lowest BCUT2D eigenvalue weighted by Gasteiger charge is -2.39. The Bertz CT molecular complexity index is 785. The molecule has 0 aliphatic carbocycles. The van der Waals surface area contributed by atoms with Crippen LogP contribution < -0.4 is 5.73 Å². The summed E-state index contributed by atoms with van der Waals surface area (Å²) in [6.45, 7) is 3.54. The highest BCUT2D eigenvalue weighted by Gasteiger charge is 2.40. The number of hydrogen-bond donors (Lipinski definition) is 3. The molecule has 0 aliphatic heterocycles. The fourth-order valence-corrected chi connectivity index (χ4v) is 3.82. The molecule has 0 spiro atoms. The lowest BCUT2D eigenvalue weighted by Crippen LogP contribution is -2.50. The van der Waals surface area contributed by atoms with Crippen LogP contribution in [0.4, 0.5) is 0 Å². The lowest BCUT2D eigenvalue weighted by atomic mass is 9.72. The Hall–Kier alpha value is -1.00. The molecule has 0 radical (unpaired) electrons. The molecule has 0 amide bonds. The topological polar surface area (TPSA) is 83.6 Å². The predicted molar refractivity (Wildman–Crippen MR) is 102 cm³/mol. The predicted octanol–water partition coefficient (Wildman–Crippen LogP) is 4.57. The molecule has 0 saturated carbocycles. The largest absolute Gasteiger partial charge is 0.510 e. The van der Waals surface area contributed by atoms with Crippen LogP contribution in [0.3, 0.4) is 0 Å². The summed E-state index contributed by atoms with van der Waals surface area (Å²) in [6, 6.07) is 12.4. The first-order valence-corrected chi connectivity index (χ1v) is 9.96. The standard InChI is InChI=1S/C18H20Cl2NO3P/c1-11(14-6-7-16(19)17(20)9-14)18(21,12(2)22)15-5-3-4-13(8-15)10-25(23)24/h3-9,11-12,22H,10,21H2,1-2H3/p+1/t11?,12-,18?/m0/s1. The summed E-state index contributed by atoms with van der Waals surface area (Å²) in [4.78, 5) is 9.15. The first-order valence-electron chi connectivity index (χ1n) is 7.81. The maximum absolute atomic E-state index is 11.1. The average Bonchev–Trinajstić information content (AvgIpc) is 2.55. The van der Waals surface area contributed by atoms with Crippen molar-refractivity contribution in [1.29, 1.82) is 0 Å². The molecule has 0 bridgehead atoms. The minimum Gasteiger partial charge on any atom is -0.391 e. The van der Waals surface area contributed by atoms with Gasteiger partial charge in [-0.05, 0) is 40.8 Å². The van der Waals surface area contributed by atoms with Crippen LogP contribution in [0, 0.1) is 0 Å². The van der Waals surface area contributed by atoms with Crippen LogP contribution in [0.2, 0.25) is 10.0 Å². The Morgan fingerprint density at radius 3 is 2.40 bits per heavy atom. The number of benzene rings is 2. The summed E-state index contributed by atoms with van der Waals surface area (Å²) in [6.07, 6.45) is -0.824. The van der Waals surface area contributed by atoms with Gasteiger partial charge in [0.1, 0.15) is 0 Å². The highest BCUT2D eigenvalue weighted by Crippen LogP contribution is 2.40. The number of rotatable bonds is 6. The molecule has 0 saturated heterocycles. The molecule has 0 aromatic heterocycles. The van der Waals surface area contributed by atoms with E-state index < -0.39 is 19.7 Å². The van der Waals surface area contributed by atoms with Crippen LogP contribution in [0.25, 0.3) is 0 Å². The molecule has 4 N–H and O–H groups in total. The van der Waals surface area contributed by atoms with Gasteiger partial charge in [-0.15, -0.1) is 0 Å². The molecule has 4 nitrogen and oxygen atoms in total. The molecule has 0 fully saturated rings. The molecule has 25 heavy (non-hydrogen) atoms. The molecule has 3 unspecified atom stereocenters. The summed E-state index contributed by atoms with van der Waals surface area (Å²) >= 11 is 12.1. The van der Waals surface area contributed by atoms with Crippen molar-refractivity contribution in [1.82, 2.24) is 0 Å². The van der Waals surface area contributed by atoms with Gasteiger partial charge in [-0.2, -0.15) is 4.89 Å². The van der Waals surface area contributed by atoms with E-state index in [2.05, 4.69) is 0 Å². The molecular weight excluding hydrogens is 380 g/mol. The second-order valence-corrected chi connectivity index (χ2v) is 8.05. The van der Waals surface area contributed by atoms with Gasteiger partial charge in [0, 0.05) is 11.5 Å². The first-order chi connectivity index (χ1) is 11.7. The molecule has 134 valence electrons. The van der Waals surface area contributed by atoms with E-state index in [-0.39, 0.29) is 12.1 Å². The van der Waals surface area contributed by atoms with E-state index >= 15 is 0 Å². The van der Waals surface area contributed by atoms with Gasteiger partial charge < -0.3 is 10.8 Å². The van der Waals surface area contributed by atoms with Gasteiger partial charge in [0.05, 0.1) is 21.7 Å². The summed E-state index contributed by atoms with van der Waals surface area (Å²) in [7, 11) is -2.29. The molecule has 2 rings (SSSR count). The number of halogens is 2. The highest BCUT2D eigenvalue weighted by atomic mass is 35.5. The number of hydrogen-bond acceptors (Lipinski definition) is 3. The summed E-state index contributed by atoms with van der Waals surface area (Å²) < 4.78 is 11.1. The molecule has 0 heterocycles. The molecule has 2 aromatic rings. The maximum atomic E-state index is 11.1. The molecule has 7 heteroatoms. The lowest BCUT2D eigenvalue weighted by molar-refractivity contribution is 0.0836. The van der Waals surface area contributed by atoms with E-state index in [0.717, 1.165) is 5.56 Å². The van der Waals surface area contributed by atoms with Crippen LogP contribution in [-0.4, -0.2) is 16.1 Å². The number of aliphatic hydroxyl groups is 1. The quantitative estimate of drug-likeness (QED) is 0.620. The second kappa shape index (κ2) is 8.13. The maximum Gasteiger partial charge on any atom is 0.510 e. The Balaban J connectivity index is 2.50. The number of aliphatic hydroxyl groups excluding tert-OH is 1. The van der Waals surface area contributed by atoms with Crippen molar-refractivity contribution in [2.75, 3.05) is 0 Å². The normalized spacial score (nSPS) is 16.8. The Kier molecular flexibility index (Phi) is 6.61. The molecule has 0 aliphatic rings. The zero-order valence-electron chi connectivity index (χ0n) is 14.0. The van der Waals surface area contributed by atoms with Crippen LogP contribution in [0.5, 0.6) is 0 Å². The SMILES string of the molecule is CC(c1ccc(Cl)c(Cl)c1)C(N)(c1cccc(C[P+](=O)O)c1)[C@H](C)O. The second-order valence-electron chi connectivity index (χ2n) is 6.21. The fraction of sp³-hybridized carbons (Fsp3) is 0.333. The van der Waals surface area contributed by atoms with E-state index in [1.807, 2.05) is 19.1 Å². The van der Waals surface area contributed by atoms with Crippen LogP contribution in [-0.2, 0) is 16.3 Å². The highest BCUT2D eigenvalue weighted by molar-refractivity contribution is 7.37. The number of nitrogens with two attached hydrogens (primary N) is 1. The van der Waals surface area contributed by atoms with Crippen LogP contribution in [0.15, 0.2) is 42.5 Å². The first kappa shape index (κ1) is 20.3. The third-order valence-corrected chi connectivity index (χ3v) is 5.97. The van der Waals surface area contributed by atoms with E-state index in [0.29, 0.717) is 21.2 Å². The van der Waals surface area contributed by atoms with E-state index in [1.165, 1.54) is 0 Å². The van der Waals surface area contributed by atoms with Crippen molar-refractivity contribution in [2.24, 2.45) is 5.73 Å². The van der Waals surface area contributed by atoms with Crippen molar-refractivity contribution in [3.8, 4) is 0 Å². The zero-order valence-corrected chi connectivity index (χ0v) is 16.4. The van der Waals surface area contributed by atoms with Gasteiger partial charge in [-0.3, -0.25) is 0 Å². The molecular formula is C18H21Cl2NO3P+. The molecule has 2 aromatic carbocycles. The summed E-state index contributed by atoms with van der Waals surface area (Å²) in [5.41, 5.74) is 7.79. The Morgan fingerprint density at radius 1 is 1.16 bits per heavy atom. The Labute approximate surface area is 158 Å². The van der Waals surface area contributed by atoms with Crippen molar-refractivity contribution >= 4 is 31.2 Å². The van der Waals surface area contributed by atoms with E-state index in [1.54, 1.807) is 37.3 Å². The monoisotopic (exact) mass is 400 g/mol. The summed E-state index contributed by atoms with van der Waals surface area (Å²) in [5.74, 6) is -0.277. The van der Waals surface area contributed by atoms with Crippen molar-refractivity contribution in [2.45, 2.75) is 37.6 Å². The van der Waals surface area contributed by atoms with Gasteiger partial charge in [0.15, 0.2) is 0 Å². The van der Waals surface area contributed by atoms with Crippen LogP contribution in [0.1, 0.15) is 36.5 Å². The fourth-order valence-electron chi connectivity index (χ4n) is 3.01. The van der Waals surface area contributed by atoms with E-state index in [9.17, 15) is 9.67 Å². The van der Waals surface area contributed by atoms with Gasteiger partial charge in [0.25, 0.3) is 0 Å². The van der Waals surface area contributed by atoms with Crippen molar-refractivity contribution in [3.05, 3.63) is 69.2 Å². The van der Waals surface area contributed by atoms with Gasteiger partial charge in [-0.1, -0.05) is 54.4 Å². The minimum atomic E-state index is -2.29. The zero-order chi connectivity index (χ0) is 18.8. The average molecular weight is 401 g/mol. The molecule has 4 atom stereocenters.